The molecule has 13 nitrogen and oxygen atoms in total. The van der Waals surface area contributed by atoms with E-state index < -0.39 is 60.2 Å². The third-order valence-corrected chi connectivity index (χ3v) is 5.55. The van der Waals surface area contributed by atoms with Crippen LogP contribution in [0.15, 0.2) is 12.5 Å². The highest BCUT2D eigenvalue weighted by atomic mass is 32.2. The number of imidazole rings is 1. The molecule has 0 radical (unpaired) electrons. The first-order chi connectivity index (χ1) is 16.4. The minimum absolute atomic E-state index is 0.0222. The van der Waals surface area contributed by atoms with Crippen LogP contribution in [0, 0.1) is 5.92 Å². The number of aliphatic carboxylic acids is 2. The Kier molecular flexibility index (Phi) is 12.8. The van der Waals surface area contributed by atoms with Crippen LogP contribution in [0.1, 0.15) is 38.8 Å². The second-order valence-corrected chi connectivity index (χ2v) is 9.40. The molecule has 0 aromatic carbocycles. The molecule has 0 aliphatic carbocycles. The van der Waals surface area contributed by atoms with Crippen LogP contribution in [0.4, 0.5) is 0 Å². The molecule has 0 fully saturated rings. The molecule has 0 bridgehead atoms. The molecule has 8 N–H and O–H groups in total. The van der Waals surface area contributed by atoms with E-state index in [1.807, 2.05) is 20.1 Å². The van der Waals surface area contributed by atoms with Crippen molar-refractivity contribution in [2.75, 3.05) is 12.0 Å². The van der Waals surface area contributed by atoms with Crippen molar-refractivity contribution in [3.05, 3.63) is 18.2 Å². The second-order valence-electron chi connectivity index (χ2n) is 8.42. The Labute approximate surface area is 207 Å². The number of thioether (sulfide) groups is 1. The number of H-pyrrole nitrogens is 1. The van der Waals surface area contributed by atoms with E-state index in [2.05, 4.69) is 25.9 Å². The summed E-state index contributed by atoms with van der Waals surface area (Å²) in [6.45, 7) is 3.66. The average molecular weight is 515 g/mol. The fraction of sp³-hybridized carbons (Fsp3) is 0.619. The third-order valence-electron chi connectivity index (χ3n) is 4.91. The molecule has 3 amide bonds. The Balaban J connectivity index is 2.95. The standard InChI is InChI=1S/C21H34N6O7S/c1-11(2)6-15(26-18(30)13(22)8-17(28)29)20(32)25-14(4-5-35-3)19(31)27-16(21(33)34)7-12-9-23-10-24-12/h9-11,13-16H,4-8,22H2,1-3H3,(H,23,24)(H,25,32)(H,26,30)(H,27,31)(H,28,29)(H,33,34). The SMILES string of the molecule is CSCCC(NC(=O)C(CC(C)C)NC(=O)C(N)CC(=O)O)C(=O)NC(Cc1cnc[nH]1)C(=O)O. The Morgan fingerprint density at radius 3 is 2.14 bits per heavy atom. The summed E-state index contributed by atoms with van der Waals surface area (Å²) >= 11 is 1.44. The number of carboxylic acid groups (broad SMARTS) is 2. The van der Waals surface area contributed by atoms with Crippen molar-refractivity contribution < 1.29 is 34.2 Å². The number of aromatic amines is 1. The molecule has 4 unspecified atom stereocenters. The fourth-order valence-corrected chi connectivity index (χ4v) is 3.60. The van der Waals surface area contributed by atoms with Gasteiger partial charge in [0, 0.05) is 18.3 Å². The third kappa shape index (κ3) is 11.2. The lowest BCUT2D eigenvalue weighted by molar-refractivity contribution is -0.142. The van der Waals surface area contributed by atoms with Crippen LogP contribution in [0.2, 0.25) is 0 Å². The van der Waals surface area contributed by atoms with Gasteiger partial charge in [-0.15, -0.1) is 0 Å². The molecule has 1 aromatic rings. The van der Waals surface area contributed by atoms with Gasteiger partial charge in [0.25, 0.3) is 0 Å². The normalized spacial score (nSPS) is 14.4. The molecule has 1 heterocycles. The summed E-state index contributed by atoms with van der Waals surface area (Å²) in [6, 6.07) is -4.72. The van der Waals surface area contributed by atoms with Gasteiger partial charge in [0.05, 0.1) is 18.8 Å². The van der Waals surface area contributed by atoms with Gasteiger partial charge < -0.3 is 36.9 Å². The summed E-state index contributed by atoms with van der Waals surface area (Å²) < 4.78 is 0. The zero-order valence-electron chi connectivity index (χ0n) is 19.9. The first kappa shape index (κ1) is 29.9. The molecule has 4 atom stereocenters. The molecule has 0 aliphatic rings. The van der Waals surface area contributed by atoms with Gasteiger partial charge in [0.1, 0.15) is 18.1 Å². The number of rotatable bonds is 16. The van der Waals surface area contributed by atoms with Gasteiger partial charge in [0.15, 0.2) is 0 Å². The average Bonchev–Trinajstić information content (AvgIpc) is 3.27. The number of aromatic nitrogens is 2. The summed E-state index contributed by atoms with van der Waals surface area (Å²) in [5.74, 6) is -4.17. The number of nitrogens with zero attached hydrogens (tertiary/aromatic N) is 1. The zero-order chi connectivity index (χ0) is 26.5. The van der Waals surface area contributed by atoms with Crippen molar-refractivity contribution in [1.29, 1.82) is 0 Å². The fourth-order valence-electron chi connectivity index (χ4n) is 3.13. The van der Waals surface area contributed by atoms with Gasteiger partial charge in [-0.05, 0) is 30.8 Å². The molecular formula is C21H34N6O7S. The van der Waals surface area contributed by atoms with E-state index in [0.29, 0.717) is 11.4 Å². The van der Waals surface area contributed by atoms with Crippen molar-refractivity contribution in [3.8, 4) is 0 Å². The minimum Gasteiger partial charge on any atom is -0.481 e. The van der Waals surface area contributed by atoms with Gasteiger partial charge in [-0.2, -0.15) is 11.8 Å². The van der Waals surface area contributed by atoms with E-state index in [0.717, 1.165) is 0 Å². The first-order valence-corrected chi connectivity index (χ1v) is 12.4. The topological polar surface area (TPSA) is 217 Å². The predicted octanol–water partition coefficient (Wildman–Crippen LogP) is -0.908. The Hall–Kier alpha value is -3.13. The van der Waals surface area contributed by atoms with Crippen LogP contribution >= 0.6 is 11.8 Å². The van der Waals surface area contributed by atoms with Crippen molar-refractivity contribution in [2.45, 2.75) is 63.7 Å². The van der Waals surface area contributed by atoms with Crippen LogP contribution in [-0.4, -0.2) is 86.0 Å². The summed E-state index contributed by atoms with van der Waals surface area (Å²) in [6.07, 6.45) is 4.46. The number of nitrogens with two attached hydrogens (primary N) is 1. The summed E-state index contributed by atoms with van der Waals surface area (Å²) in [5.41, 5.74) is 6.11. The maximum atomic E-state index is 13.0. The quantitative estimate of drug-likeness (QED) is 0.144. The number of nitrogens with one attached hydrogen (secondary N) is 4. The number of carboxylic acids is 2. The van der Waals surface area contributed by atoms with Gasteiger partial charge in [-0.25, -0.2) is 9.78 Å². The van der Waals surface area contributed by atoms with Crippen molar-refractivity contribution in [3.63, 3.8) is 0 Å². The van der Waals surface area contributed by atoms with Crippen LogP contribution in [0.3, 0.4) is 0 Å². The largest absolute Gasteiger partial charge is 0.481 e. The Morgan fingerprint density at radius 2 is 1.63 bits per heavy atom. The van der Waals surface area contributed by atoms with Gasteiger partial charge >= 0.3 is 11.9 Å². The molecular weight excluding hydrogens is 480 g/mol. The van der Waals surface area contributed by atoms with E-state index >= 15 is 0 Å². The van der Waals surface area contributed by atoms with E-state index in [9.17, 15) is 29.1 Å². The van der Waals surface area contributed by atoms with Crippen molar-refractivity contribution in [1.82, 2.24) is 25.9 Å². The molecule has 1 aromatic heterocycles. The summed E-state index contributed by atoms with van der Waals surface area (Å²) in [5, 5.41) is 25.9. The first-order valence-electron chi connectivity index (χ1n) is 11.0. The lowest BCUT2D eigenvalue weighted by Gasteiger charge is -2.26. The summed E-state index contributed by atoms with van der Waals surface area (Å²) in [4.78, 5) is 67.4. The number of carbonyl (C=O) groups excluding carboxylic acids is 3. The van der Waals surface area contributed by atoms with Crippen LogP contribution in [-0.2, 0) is 30.4 Å². The monoisotopic (exact) mass is 514 g/mol. The molecule has 0 aliphatic heterocycles. The molecule has 0 saturated heterocycles. The van der Waals surface area contributed by atoms with Crippen LogP contribution in [0.25, 0.3) is 0 Å². The number of carbonyl (C=O) groups is 5. The van der Waals surface area contributed by atoms with Crippen LogP contribution < -0.4 is 21.7 Å². The van der Waals surface area contributed by atoms with Gasteiger partial charge in [0.2, 0.25) is 17.7 Å². The second kappa shape index (κ2) is 15.0. The molecule has 196 valence electrons. The van der Waals surface area contributed by atoms with Gasteiger partial charge in [-0.3, -0.25) is 19.2 Å². The maximum absolute atomic E-state index is 13.0. The molecule has 14 heteroatoms. The number of amides is 3. The zero-order valence-corrected chi connectivity index (χ0v) is 20.8. The number of hydrogen-bond acceptors (Lipinski definition) is 8. The summed E-state index contributed by atoms with van der Waals surface area (Å²) in [7, 11) is 0. The number of hydrogen-bond donors (Lipinski definition) is 7. The Bertz CT molecular complexity index is 864. The Morgan fingerprint density at radius 1 is 1.03 bits per heavy atom. The van der Waals surface area contributed by atoms with Crippen LogP contribution in [0.5, 0.6) is 0 Å². The van der Waals surface area contributed by atoms with Crippen molar-refractivity contribution in [2.24, 2.45) is 11.7 Å². The molecule has 35 heavy (non-hydrogen) atoms. The smallest absolute Gasteiger partial charge is 0.326 e. The van der Waals surface area contributed by atoms with E-state index in [1.54, 1.807) is 0 Å². The molecule has 1 rings (SSSR count). The lowest BCUT2D eigenvalue weighted by atomic mass is 10.0. The van der Waals surface area contributed by atoms with E-state index in [-0.39, 0.29) is 25.2 Å². The lowest BCUT2D eigenvalue weighted by Crippen LogP contribution is -2.57. The van der Waals surface area contributed by atoms with E-state index in [1.165, 1.54) is 24.3 Å². The van der Waals surface area contributed by atoms with Crippen molar-refractivity contribution >= 4 is 41.4 Å². The van der Waals surface area contributed by atoms with Gasteiger partial charge in [-0.1, -0.05) is 13.8 Å². The molecule has 0 saturated carbocycles. The highest BCUT2D eigenvalue weighted by molar-refractivity contribution is 7.98. The molecule has 0 spiro atoms. The highest BCUT2D eigenvalue weighted by Crippen LogP contribution is 2.09. The minimum atomic E-state index is -1.34. The van der Waals surface area contributed by atoms with E-state index in [4.69, 9.17) is 10.8 Å². The predicted molar refractivity (Wildman–Crippen MR) is 128 cm³/mol. The highest BCUT2D eigenvalue weighted by Gasteiger charge is 2.31. The maximum Gasteiger partial charge on any atom is 0.326 e.